The fourth-order valence-corrected chi connectivity index (χ4v) is 3.98. The van der Waals surface area contributed by atoms with Crippen molar-refractivity contribution in [1.82, 2.24) is 0 Å². The third kappa shape index (κ3) is 15.7. The second-order valence-electron chi connectivity index (χ2n) is 9.97. The highest BCUT2D eigenvalue weighted by Crippen LogP contribution is 2.15. The number of nitrogens with zero attached hydrogens (tertiary/aromatic N) is 6. The summed E-state index contributed by atoms with van der Waals surface area (Å²) in [4.78, 5) is 29.9. The maximum Gasteiger partial charge on any atom is 0.323 e. The van der Waals surface area contributed by atoms with Crippen LogP contribution >= 0.6 is 0 Å². The molecule has 2 aromatic rings. The summed E-state index contributed by atoms with van der Waals surface area (Å²) in [6.07, 6.45) is 4.96. The summed E-state index contributed by atoms with van der Waals surface area (Å²) < 4.78 is 21.8. The van der Waals surface area contributed by atoms with E-state index in [2.05, 4.69) is 20.1 Å². The van der Waals surface area contributed by atoms with Gasteiger partial charge in [0.05, 0.1) is 26.4 Å². The summed E-state index contributed by atoms with van der Waals surface area (Å²) in [6.45, 7) is 2.22. The second kappa shape index (κ2) is 22.1. The molecule has 2 atom stereocenters. The SMILES string of the molecule is [N-]=[N+]=NCCCOc1ccc(CC(N)C(=O)OCCCCCCOC(=O)C(N)Cc2ccc(OCCCN=[N+]=[N-])cc2)cc1. The van der Waals surface area contributed by atoms with Gasteiger partial charge < -0.3 is 30.4 Å². The van der Waals surface area contributed by atoms with E-state index >= 15 is 0 Å². The summed E-state index contributed by atoms with van der Waals surface area (Å²) in [5.74, 6) is 0.481. The first-order valence-electron chi connectivity index (χ1n) is 14.7. The van der Waals surface area contributed by atoms with Crippen LogP contribution in [0, 0.1) is 0 Å². The van der Waals surface area contributed by atoms with Gasteiger partial charge in [0.15, 0.2) is 0 Å². The van der Waals surface area contributed by atoms with Crippen LogP contribution < -0.4 is 20.9 Å². The first-order chi connectivity index (χ1) is 21.4. The van der Waals surface area contributed by atoms with Crippen LogP contribution in [-0.4, -0.2) is 63.5 Å². The largest absolute Gasteiger partial charge is 0.494 e. The van der Waals surface area contributed by atoms with Crippen molar-refractivity contribution >= 4 is 11.9 Å². The lowest BCUT2D eigenvalue weighted by atomic mass is 10.1. The van der Waals surface area contributed by atoms with Crippen molar-refractivity contribution in [2.75, 3.05) is 39.5 Å². The first-order valence-corrected chi connectivity index (χ1v) is 14.7. The van der Waals surface area contributed by atoms with Gasteiger partial charge in [-0.25, -0.2) is 0 Å². The summed E-state index contributed by atoms with van der Waals surface area (Å²) in [5.41, 5.74) is 30.3. The molecule has 2 aromatic carbocycles. The Kier molecular flexibility index (Phi) is 17.9. The molecule has 0 radical (unpaired) electrons. The Morgan fingerprint density at radius 1 is 0.614 bits per heavy atom. The van der Waals surface area contributed by atoms with Crippen LogP contribution in [-0.2, 0) is 31.9 Å². The summed E-state index contributed by atoms with van der Waals surface area (Å²) in [6, 6.07) is 13.1. The second-order valence-corrected chi connectivity index (χ2v) is 9.97. The number of unbranched alkanes of at least 4 members (excludes halogenated alkanes) is 3. The molecule has 0 spiro atoms. The van der Waals surface area contributed by atoms with E-state index in [4.69, 9.17) is 41.5 Å². The molecule has 2 unspecified atom stereocenters. The number of hydrogen-bond donors (Lipinski definition) is 2. The Hall–Kier alpha value is -4.48. The number of rotatable bonds is 23. The normalized spacial score (nSPS) is 11.8. The van der Waals surface area contributed by atoms with E-state index in [0.717, 1.165) is 24.0 Å². The number of esters is 2. The molecule has 44 heavy (non-hydrogen) atoms. The van der Waals surface area contributed by atoms with Gasteiger partial charge in [0, 0.05) is 22.9 Å². The number of azide groups is 2. The van der Waals surface area contributed by atoms with Gasteiger partial charge in [-0.2, -0.15) is 0 Å². The molecule has 0 aliphatic heterocycles. The number of ether oxygens (including phenoxy) is 4. The minimum Gasteiger partial charge on any atom is -0.494 e. The minimum atomic E-state index is -0.762. The molecule has 0 aliphatic carbocycles. The van der Waals surface area contributed by atoms with Crippen LogP contribution in [0.25, 0.3) is 20.9 Å². The Bertz CT molecular complexity index is 1120. The van der Waals surface area contributed by atoms with Crippen LogP contribution in [0.5, 0.6) is 11.5 Å². The van der Waals surface area contributed by atoms with Crippen LogP contribution in [0.4, 0.5) is 0 Å². The minimum absolute atomic E-state index is 0.277. The lowest BCUT2D eigenvalue weighted by Gasteiger charge is -2.13. The van der Waals surface area contributed by atoms with E-state index in [-0.39, 0.29) is 13.2 Å². The van der Waals surface area contributed by atoms with Gasteiger partial charge in [-0.05, 0) is 97.8 Å². The zero-order valence-electron chi connectivity index (χ0n) is 25.0. The number of carbonyl (C=O) groups excluding carboxylic acids is 2. The van der Waals surface area contributed by atoms with Crippen LogP contribution in [0.1, 0.15) is 49.7 Å². The van der Waals surface area contributed by atoms with Gasteiger partial charge in [-0.1, -0.05) is 34.5 Å². The maximum absolute atomic E-state index is 12.2. The molecule has 0 saturated carbocycles. The fourth-order valence-electron chi connectivity index (χ4n) is 3.98. The maximum atomic E-state index is 12.2. The van der Waals surface area contributed by atoms with E-state index in [0.29, 0.717) is 76.3 Å². The molecule has 14 heteroatoms. The van der Waals surface area contributed by atoms with Gasteiger partial charge in [-0.15, -0.1) is 0 Å². The van der Waals surface area contributed by atoms with Crippen molar-refractivity contribution < 1.29 is 28.5 Å². The number of hydrogen-bond acceptors (Lipinski definition) is 10. The van der Waals surface area contributed by atoms with E-state index in [1.807, 2.05) is 24.3 Å². The van der Waals surface area contributed by atoms with Crippen LogP contribution in [0.15, 0.2) is 58.8 Å². The van der Waals surface area contributed by atoms with Crippen molar-refractivity contribution in [2.24, 2.45) is 21.7 Å². The lowest BCUT2D eigenvalue weighted by Crippen LogP contribution is -2.34. The topological polar surface area (TPSA) is 221 Å². The summed E-state index contributed by atoms with van der Waals surface area (Å²) in [5, 5.41) is 6.91. The van der Waals surface area contributed by atoms with Gasteiger partial charge in [-0.3, -0.25) is 9.59 Å². The quantitative estimate of drug-likeness (QED) is 0.0575. The summed E-state index contributed by atoms with van der Waals surface area (Å²) in [7, 11) is 0. The van der Waals surface area contributed by atoms with Crippen molar-refractivity contribution in [2.45, 2.75) is 63.5 Å². The van der Waals surface area contributed by atoms with Gasteiger partial charge >= 0.3 is 11.9 Å². The van der Waals surface area contributed by atoms with Crippen LogP contribution in [0.2, 0.25) is 0 Å². The first kappa shape index (κ1) is 35.7. The molecular formula is C30H42N8O6. The standard InChI is InChI=1S/C30H42N8O6/c31-27(21-23-7-11-25(12-8-23)41-19-5-15-35-37-33)29(39)43-17-3-1-2-4-18-44-30(40)28(32)22-24-9-13-26(14-10-24)42-20-6-16-36-38-34/h7-14,27-28H,1-6,15-22,31-32H2. The monoisotopic (exact) mass is 610 g/mol. The molecule has 14 nitrogen and oxygen atoms in total. The highest BCUT2D eigenvalue weighted by Gasteiger charge is 2.17. The molecule has 0 bridgehead atoms. The highest BCUT2D eigenvalue weighted by molar-refractivity contribution is 5.76. The van der Waals surface area contributed by atoms with Crippen molar-refractivity contribution in [3.8, 4) is 11.5 Å². The van der Waals surface area contributed by atoms with Gasteiger partial charge in [0.25, 0.3) is 0 Å². The Morgan fingerprint density at radius 3 is 1.36 bits per heavy atom. The molecule has 238 valence electrons. The molecular weight excluding hydrogens is 568 g/mol. The fraction of sp³-hybridized carbons (Fsp3) is 0.533. The average Bonchev–Trinajstić information content (AvgIpc) is 3.03. The third-order valence-electron chi connectivity index (χ3n) is 6.36. The molecule has 0 aromatic heterocycles. The van der Waals surface area contributed by atoms with E-state index < -0.39 is 24.0 Å². The highest BCUT2D eigenvalue weighted by atomic mass is 16.5. The van der Waals surface area contributed by atoms with Crippen molar-refractivity contribution in [1.29, 1.82) is 0 Å². The third-order valence-corrected chi connectivity index (χ3v) is 6.36. The van der Waals surface area contributed by atoms with E-state index in [1.165, 1.54) is 0 Å². The average molecular weight is 611 g/mol. The van der Waals surface area contributed by atoms with Gasteiger partial charge in [0.1, 0.15) is 23.6 Å². The zero-order chi connectivity index (χ0) is 31.8. The van der Waals surface area contributed by atoms with E-state index in [1.54, 1.807) is 24.3 Å². The van der Waals surface area contributed by atoms with Crippen LogP contribution in [0.3, 0.4) is 0 Å². The van der Waals surface area contributed by atoms with Crippen molar-refractivity contribution in [3.05, 3.63) is 80.5 Å². The number of carbonyl (C=O) groups is 2. The zero-order valence-corrected chi connectivity index (χ0v) is 25.0. The summed E-state index contributed by atoms with van der Waals surface area (Å²) >= 11 is 0. The van der Waals surface area contributed by atoms with Crippen molar-refractivity contribution in [3.63, 3.8) is 0 Å². The molecule has 0 amide bonds. The smallest absolute Gasteiger partial charge is 0.323 e. The lowest BCUT2D eigenvalue weighted by molar-refractivity contribution is -0.146. The molecule has 0 saturated heterocycles. The Balaban J connectivity index is 1.51. The predicted octanol–water partition coefficient (Wildman–Crippen LogP) is 4.93. The Labute approximate surface area is 257 Å². The number of nitrogens with two attached hydrogens (primary N) is 2. The predicted molar refractivity (Wildman–Crippen MR) is 165 cm³/mol. The molecule has 2 rings (SSSR count). The van der Waals surface area contributed by atoms with E-state index in [9.17, 15) is 9.59 Å². The Morgan fingerprint density at radius 2 is 1.00 bits per heavy atom. The molecule has 0 fully saturated rings. The number of benzene rings is 2. The molecule has 0 heterocycles. The van der Waals surface area contributed by atoms with Gasteiger partial charge in [0.2, 0.25) is 0 Å². The molecule has 4 N–H and O–H groups in total. The molecule has 0 aliphatic rings.